The van der Waals surface area contributed by atoms with Crippen LogP contribution in [0.15, 0.2) is 27.6 Å². The van der Waals surface area contributed by atoms with Gasteiger partial charge in [-0.15, -0.1) is 12.4 Å². The molecule has 10 heteroatoms. The van der Waals surface area contributed by atoms with E-state index >= 15 is 0 Å². The number of sulfonamides is 1. The van der Waals surface area contributed by atoms with Gasteiger partial charge in [0.15, 0.2) is 5.82 Å². The highest BCUT2D eigenvalue weighted by Gasteiger charge is 2.26. The summed E-state index contributed by atoms with van der Waals surface area (Å²) in [5, 5.41) is 6.93. The molecule has 0 fully saturated rings. The highest BCUT2D eigenvalue weighted by molar-refractivity contribution is 7.89. The van der Waals surface area contributed by atoms with Gasteiger partial charge in [0, 0.05) is 23.6 Å². The number of aromatic nitrogens is 2. The van der Waals surface area contributed by atoms with E-state index in [9.17, 15) is 12.8 Å². The first-order valence-corrected chi connectivity index (χ1v) is 9.34. The van der Waals surface area contributed by atoms with Crippen molar-refractivity contribution in [3.8, 4) is 11.5 Å². The summed E-state index contributed by atoms with van der Waals surface area (Å²) in [4.78, 5) is 3.79. The van der Waals surface area contributed by atoms with Crippen molar-refractivity contribution >= 4 is 22.4 Å². The molecule has 2 rings (SSSR count). The Hall–Kier alpha value is -1.55. The Morgan fingerprint density at radius 2 is 1.96 bits per heavy atom. The molecule has 146 valence electrons. The summed E-state index contributed by atoms with van der Waals surface area (Å²) in [5.74, 6) is -0.215. The molecule has 1 aromatic carbocycles. The molecule has 0 radical (unpaired) electrons. The summed E-state index contributed by atoms with van der Waals surface area (Å²) in [7, 11) is -2.20. The monoisotopic (exact) mass is 406 g/mol. The van der Waals surface area contributed by atoms with Gasteiger partial charge in [-0.2, -0.15) is 4.98 Å². The lowest BCUT2D eigenvalue weighted by molar-refractivity contribution is 0.418. The zero-order valence-electron chi connectivity index (χ0n) is 15.3. The second-order valence-electron chi connectivity index (χ2n) is 6.91. The minimum Gasteiger partial charge on any atom is -0.334 e. The van der Waals surface area contributed by atoms with Crippen LogP contribution in [0.4, 0.5) is 4.39 Å². The van der Waals surface area contributed by atoms with Crippen molar-refractivity contribution in [1.82, 2.24) is 20.2 Å². The molecular formula is C16H24ClFN4O3S. The molecule has 0 aliphatic carbocycles. The quantitative estimate of drug-likeness (QED) is 0.765. The average Bonchev–Trinajstić information content (AvgIpc) is 2.93. The maximum atomic E-state index is 14.1. The third-order valence-corrected chi connectivity index (χ3v) is 5.13. The Kier molecular flexibility index (Phi) is 7.29. The van der Waals surface area contributed by atoms with E-state index in [1.165, 1.54) is 12.1 Å². The van der Waals surface area contributed by atoms with Crippen molar-refractivity contribution in [2.45, 2.75) is 50.6 Å². The summed E-state index contributed by atoms with van der Waals surface area (Å²) in [6.07, 6.45) is 0.554. The highest BCUT2D eigenvalue weighted by Crippen LogP contribution is 2.24. The van der Waals surface area contributed by atoms with Crippen LogP contribution in [-0.4, -0.2) is 37.2 Å². The van der Waals surface area contributed by atoms with Crippen molar-refractivity contribution in [2.24, 2.45) is 0 Å². The zero-order chi connectivity index (χ0) is 18.8. The number of hydrogen-bond donors (Lipinski definition) is 2. The molecule has 0 bridgehead atoms. The van der Waals surface area contributed by atoms with Gasteiger partial charge in [0.1, 0.15) is 10.7 Å². The average molecular weight is 407 g/mol. The lowest BCUT2D eigenvalue weighted by Gasteiger charge is -2.20. The molecule has 26 heavy (non-hydrogen) atoms. The van der Waals surface area contributed by atoms with Crippen molar-refractivity contribution in [2.75, 3.05) is 7.05 Å². The van der Waals surface area contributed by atoms with E-state index in [2.05, 4.69) is 20.2 Å². The van der Waals surface area contributed by atoms with E-state index in [0.29, 0.717) is 17.8 Å². The van der Waals surface area contributed by atoms with E-state index in [4.69, 9.17) is 4.52 Å². The second-order valence-corrected chi connectivity index (χ2v) is 8.56. The second kappa shape index (κ2) is 8.43. The summed E-state index contributed by atoms with van der Waals surface area (Å²) in [5.41, 5.74) is -0.395. The zero-order valence-corrected chi connectivity index (χ0v) is 17.0. The van der Waals surface area contributed by atoms with Crippen LogP contribution in [0.2, 0.25) is 0 Å². The molecule has 2 N–H and O–H groups in total. The molecule has 0 spiro atoms. The van der Waals surface area contributed by atoms with Crippen molar-refractivity contribution < 1.29 is 17.3 Å². The van der Waals surface area contributed by atoms with Crippen molar-refractivity contribution in [1.29, 1.82) is 0 Å². The van der Waals surface area contributed by atoms with Gasteiger partial charge in [0.05, 0.1) is 0 Å². The number of nitrogens with one attached hydrogen (secondary N) is 2. The van der Waals surface area contributed by atoms with Crippen LogP contribution in [-0.2, 0) is 16.4 Å². The molecule has 1 aromatic heterocycles. The van der Waals surface area contributed by atoms with E-state index < -0.39 is 26.3 Å². The van der Waals surface area contributed by atoms with Crippen LogP contribution >= 0.6 is 12.4 Å². The number of hydrogen-bond acceptors (Lipinski definition) is 6. The molecule has 1 atom stereocenters. The van der Waals surface area contributed by atoms with Crippen LogP contribution in [0.25, 0.3) is 11.5 Å². The van der Waals surface area contributed by atoms with E-state index in [1.54, 1.807) is 20.8 Å². The number of rotatable bonds is 6. The fourth-order valence-electron chi connectivity index (χ4n) is 2.13. The topological polar surface area (TPSA) is 97.1 Å². The number of halogens is 2. The minimum atomic E-state index is -4.02. The smallest absolute Gasteiger partial charge is 0.257 e. The van der Waals surface area contributed by atoms with Crippen LogP contribution in [0.3, 0.4) is 0 Å². The third-order valence-electron chi connectivity index (χ3n) is 3.36. The van der Waals surface area contributed by atoms with Gasteiger partial charge < -0.3 is 9.84 Å². The Balaban J connectivity index is 0.00000338. The SMILES string of the molecule is CNC(C)Cc1noc(-c2ccc(F)c(S(=O)(=O)NC(C)(C)C)c2)n1.Cl. The molecule has 0 amide bonds. The van der Waals surface area contributed by atoms with Gasteiger partial charge in [-0.25, -0.2) is 17.5 Å². The molecule has 7 nitrogen and oxygen atoms in total. The normalized spacial score (nSPS) is 13.3. The van der Waals surface area contributed by atoms with Crippen molar-refractivity contribution in [3.63, 3.8) is 0 Å². The summed E-state index contributed by atoms with van der Waals surface area (Å²) >= 11 is 0. The maximum absolute atomic E-state index is 14.1. The molecule has 1 heterocycles. The predicted molar refractivity (Wildman–Crippen MR) is 99.2 cm³/mol. The summed E-state index contributed by atoms with van der Waals surface area (Å²) in [6.45, 7) is 7.01. The Morgan fingerprint density at radius 1 is 1.31 bits per heavy atom. The Labute approximate surface area is 159 Å². The van der Waals surface area contributed by atoms with Crippen LogP contribution in [0.5, 0.6) is 0 Å². The summed E-state index contributed by atoms with van der Waals surface area (Å²) in [6, 6.07) is 3.84. The van der Waals surface area contributed by atoms with Gasteiger partial charge in [-0.3, -0.25) is 0 Å². The first kappa shape index (κ1) is 22.5. The highest BCUT2D eigenvalue weighted by atomic mass is 35.5. The number of benzene rings is 1. The Bertz CT molecular complexity index is 849. The number of nitrogens with zero attached hydrogens (tertiary/aromatic N) is 2. The molecule has 1 unspecified atom stereocenters. The first-order valence-electron chi connectivity index (χ1n) is 7.85. The molecule has 0 saturated carbocycles. The van der Waals surface area contributed by atoms with Gasteiger partial charge in [-0.1, -0.05) is 5.16 Å². The first-order chi connectivity index (χ1) is 11.5. The molecule has 0 aliphatic heterocycles. The lowest BCUT2D eigenvalue weighted by Crippen LogP contribution is -2.40. The third kappa shape index (κ3) is 5.73. The van der Waals surface area contributed by atoms with E-state index in [0.717, 1.165) is 6.07 Å². The minimum absolute atomic E-state index is 0. The largest absolute Gasteiger partial charge is 0.334 e. The molecule has 0 aliphatic rings. The Morgan fingerprint density at radius 3 is 2.54 bits per heavy atom. The summed E-state index contributed by atoms with van der Waals surface area (Å²) < 4.78 is 46.5. The van der Waals surface area contributed by atoms with Gasteiger partial charge >= 0.3 is 0 Å². The molecular weight excluding hydrogens is 383 g/mol. The molecule has 2 aromatic rings. The molecule has 0 saturated heterocycles. The van der Waals surface area contributed by atoms with Gasteiger partial charge in [-0.05, 0) is 52.9 Å². The van der Waals surface area contributed by atoms with Gasteiger partial charge in [0.2, 0.25) is 10.0 Å². The van der Waals surface area contributed by atoms with Crippen molar-refractivity contribution in [3.05, 3.63) is 29.8 Å². The number of likely N-dealkylation sites (N-methyl/N-ethyl adjacent to an activating group) is 1. The lowest BCUT2D eigenvalue weighted by atomic mass is 10.1. The maximum Gasteiger partial charge on any atom is 0.257 e. The van der Waals surface area contributed by atoms with E-state index in [-0.39, 0.29) is 24.3 Å². The van der Waals surface area contributed by atoms with Crippen LogP contribution in [0, 0.1) is 5.82 Å². The fraction of sp³-hybridized carbons (Fsp3) is 0.500. The standard InChI is InChI=1S/C16H23FN4O3S.ClH/c1-10(18-5)8-14-19-15(24-20-14)11-6-7-12(17)13(9-11)25(22,23)21-16(2,3)4;/h6-7,9-10,18,21H,8H2,1-5H3;1H. The van der Waals surface area contributed by atoms with E-state index in [1.807, 2.05) is 14.0 Å². The predicted octanol–water partition coefficient (Wildman–Crippen LogP) is 2.52. The van der Waals surface area contributed by atoms with Crippen LogP contribution in [0.1, 0.15) is 33.5 Å². The fourth-order valence-corrected chi connectivity index (χ4v) is 3.65. The van der Waals surface area contributed by atoms with Gasteiger partial charge in [0.25, 0.3) is 5.89 Å². The van der Waals surface area contributed by atoms with Crippen LogP contribution < -0.4 is 10.0 Å².